The smallest absolute Gasteiger partial charge is 0.265 e. The van der Waals surface area contributed by atoms with Crippen LogP contribution >= 0.6 is 34.8 Å². The minimum Gasteiger partial charge on any atom is -0.445 e. The van der Waals surface area contributed by atoms with E-state index in [1.807, 2.05) is 212 Å². The molecule has 2 saturated heterocycles. The van der Waals surface area contributed by atoms with Crippen LogP contribution in [0, 0.1) is 5.41 Å². The van der Waals surface area contributed by atoms with Gasteiger partial charge in [-0.25, -0.2) is 0 Å². The van der Waals surface area contributed by atoms with Crippen molar-refractivity contribution in [1.29, 1.82) is 5.41 Å². The summed E-state index contributed by atoms with van der Waals surface area (Å²) < 4.78 is 73.7. The Morgan fingerprint density at radius 3 is 0.962 bits per heavy atom. The molecule has 0 amide bonds. The van der Waals surface area contributed by atoms with E-state index in [9.17, 15) is 0 Å². The van der Waals surface area contributed by atoms with Crippen LogP contribution in [0.3, 0.4) is 0 Å². The monoisotopic (exact) mass is 1120 g/mol. The minimum absolute atomic E-state index is 0.0558. The van der Waals surface area contributed by atoms with Gasteiger partial charge in [0.2, 0.25) is 12.2 Å². The van der Waals surface area contributed by atoms with Gasteiger partial charge in [0.05, 0.1) is 59.5 Å². The molecule has 0 aliphatic carbocycles. The van der Waals surface area contributed by atoms with Gasteiger partial charge in [0, 0.05) is 0 Å². The molecule has 0 bridgehead atoms. The molecule has 7 aromatic carbocycles. The Balaban J connectivity index is 1.14. The number of alkyl halides is 3. The van der Waals surface area contributed by atoms with Crippen molar-refractivity contribution in [2.24, 2.45) is 0 Å². The largest absolute Gasteiger partial charge is 0.445 e. The second kappa shape index (κ2) is 29.6. The van der Waals surface area contributed by atoms with Gasteiger partial charge in [-0.15, -0.1) is 0 Å². The molecular weight excluding hydrogens is 1050 g/mol. The number of nitrogens with one attached hydrogen (secondary N) is 1. The first-order chi connectivity index (χ1) is 38.2. The van der Waals surface area contributed by atoms with Crippen molar-refractivity contribution in [3.63, 3.8) is 0 Å². The number of benzene rings is 7. The Kier molecular flexibility index (Phi) is 21.7. The maximum Gasteiger partial charge on any atom is 0.265 e. The fourth-order valence-corrected chi connectivity index (χ4v) is 9.37. The van der Waals surface area contributed by atoms with Crippen molar-refractivity contribution in [3.8, 4) is 0 Å². The summed E-state index contributed by atoms with van der Waals surface area (Å²) >= 11 is 18.9. The molecule has 2 heterocycles. The number of hydrogen-bond acceptors (Lipinski definition) is 12. The van der Waals surface area contributed by atoms with Crippen molar-refractivity contribution < 1.29 is 52.1 Å². The predicted molar refractivity (Wildman–Crippen MR) is 299 cm³/mol. The lowest BCUT2D eigenvalue weighted by Crippen LogP contribution is -2.66. The third-order valence-corrected chi connectivity index (χ3v) is 13.7. The molecule has 9 rings (SSSR count). The summed E-state index contributed by atoms with van der Waals surface area (Å²) in [7, 11) is 0. The molecule has 15 heteroatoms. The van der Waals surface area contributed by atoms with Crippen molar-refractivity contribution in [2.75, 3.05) is 13.2 Å². The number of halogens is 3. The SMILES string of the molecule is N=C(OC1O[C@H](COCc2ccccc2)[C@@H](O[C@H]2O[C@H](COCc3ccccc3)[C@@H](OCc3ccccc3)[C@H](OCc3ccccc3)[C@H]2OCc2ccccc2)[C@H](OCc2ccccc2)[C@H]1OCc1ccccc1)C(Cl)(Cl)Cl. The van der Waals surface area contributed by atoms with Crippen LogP contribution < -0.4 is 0 Å². The number of ether oxygens (including phenoxy) is 11. The predicted octanol–water partition coefficient (Wildman–Crippen LogP) is 12.5. The summed E-state index contributed by atoms with van der Waals surface area (Å²) in [5.41, 5.74) is 6.45. The van der Waals surface area contributed by atoms with Crippen molar-refractivity contribution in [3.05, 3.63) is 251 Å². The van der Waals surface area contributed by atoms with Gasteiger partial charge in [0.25, 0.3) is 3.79 Å². The summed E-state index contributed by atoms with van der Waals surface area (Å²) in [6, 6.07) is 68.8. The van der Waals surface area contributed by atoms with E-state index >= 15 is 0 Å². The van der Waals surface area contributed by atoms with Gasteiger partial charge in [-0.05, 0) is 38.9 Å². The number of hydrogen-bond donors (Lipinski definition) is 1. The van der Waals surface area contributed by atoms with Crippen molar-refractivity contribution in [2.45, 2.75) is 111 Å². The first-order valence-electron chi connectivity index (χ1n) is 26.0. The van der Waals surface area contributed by atoms with Crippen LogP contribution in [-0.4, -0.2) is 84.3 Å². The highest BCUT2D eigenvalue weighted by Gasteiger charge is 2.55. The average molecular weight is 1120 g/mol. The standard InChI is InChI=1S/C63H64Cl3NO11/c64-63(65,66)62(67)78-61-59(74-42-51-34-20-7-21-35-51)57(72-40-49-30-16-5-17-31-49)55(53(76-61)44-69-37-46-24-10-2-11-25-46)77-60-58(73-41-50-32-18-6-19-33-50)56(71-39-48-28-14-4-15-29-48)54(70-38-47-26-12-3-13-27-47)52(75-60)43-68-36-45-22-8-1-9-23-45/h1-35,52-61,67H,36-44H2/t52-,53-,54-,55-,56+,57+,58-,59-,60-,61?/m1/s1. The molecule has 0 radical (unpaired) electrons. The van der Waals surface area contributed by atoms with E-state index in [1.54, 1.807) is 0 Å². The Hall–Kier alpha value is -5.52. The molecule has 12 nitrogen and oxygen atoms in total. The van der Waals surface area contributed by atoms with E-state index in [0.29, 0.717) is 6.61 Å². The summed E-state index contributed by atoms with van der Waals surface area (Å²) in [5.74, 6) is -0.681. The Morgan fingerprint density at radius 2 is 0.615 bits per heavy atom. The molecular formula is C63H64Cl3NO11. The van der Waals surface area contributed by atoms with Crippen LogP contribution in [0.2, 0.25) is 0 Å². The third kappa shape index (κ3) is 17.0. The van der Waals surface area contributed by atoms with Gasteiger partial charge in [0.15, 0.2) is 6.29 Å². The second-order valence-corrected chi connectivity index (χ2v) is 21.2. The molecule has 408 valence electrons. The highest BCUT2D eigenvalue weighted by atomic mass is 35.6. The van der Waals surface area contributed by atoms with Crippen LogP contribution in [0.4, 0.5) is 0 Å². The zero-order valence-electron chi connectivity index (χ0n) is 43.0. The van der Waals surface area contributed by atoms with Gasteiger partial charge < -0.3 is 52.1 Å². The third-order valence-electron chi connectivity index (χ3n) is 13.2. The Labute approximate surface area is 471 Å². The topological polar surface area (TPSA) is 125 Å². The van der Waals surface area contributed by atoms with E-state index in [2.05, 4.69) is 0 Å². The minimum atomic E-state index is -2.24. The van der Waals surface area contributed by atoms with Crippen molar-refractivity contribution >= 4 is 40.7 Å². The van der Waals surface area contributed by atoms with Gasteiger partial charge in [-0.1, -0.05) is 247 Å². The average Bonchev–Trinajstić information content (AvgIpc) is 3.54. The highest BCUT2D eigenvalue weighted by Crippen LogP contribution is 2.38. The van der Waals surface area contributed by atoms with E-state index < -0.39 is 71.1 Å². The normalized spacial score (nSPS) is 23.4. The first-order valence-corrected chi connectivity index (χ1v) is 27.2. The molecule has 1 N–H and O–H groups in total. The summed E-state index contributed by atoms with van der Waals surface area (Å²) in [6.45, 7) is 1.37. The molecule has 2 fully saturated rings. The molecule has 0 saturated carbocycles. The zero-order valence-corrected chi connectivity index (χ0v) is 45.2. The maximum absolute atomic E-state index is 8.81. The molecule has 7 aromatic rings. The molecule has 10 atom stereocenters. The zero-order chi connectivity index (χ0) is 53.8. The molecule has 78 heavy (non-hydrogen) atoms. The van der Waals surface area contributed by atoms with Crippen LogP contribution in [0.1, 0.15) is 38.9 Å². The van der Waals surface area contributed by atoms with Gasteiger partial charge in [0.1, 0.15) is 48.8 Å². The summed E-state index contributed by atoms with van der Waals surface area (Å²) in [6.07, 6.45) is -10.1. The lowest BCUT2D eigenvalue weighted by Gasteiger charge is -2.50. The lowest BCUT2D eigenvalue weighted by atomic mass is 9.95. The molecule has 1 unspecified atom stereocenters. The molecule has 0 aromatic heterocycles. The summed E-state index contributed by atoms with van der Waals surface area (Å²) in [4.78, 5) is 0. The Bertz CT molecular complexity index is 2790. The maximum atomic E-state index is 8.81. The molecule has 0 spiro atoms. The van der Waals surface area contributed by atoms with E-state index in [-0.39, 0.29) is 52.9 Å². The highest BCUT2D eigenvalue weighted by molar-refractivity contribution is 6.76. The number of rotatable bonds is 26. The van der Waals surface area contributed by atoms with Gasteiger partial charge >= 0.3 is 0 Å². The van der Waals surface area contributed by atoms with Crippen LogP contribution in [0.5, 0.6) is 0 Å². The quantitative estimate of drug-likeness (QED) is 0.0316. The summed E-state index contributed by atoms with van der Waals surface area (Å²) in [5, 5.41) is 8.81. The van der Waals surface area contributed by atoms with E-state index in [1.165, 1.54) is 0 Å². The fraction of sp³-hybridized carbons (Fsp3) is 0.317. The Morgan fingerprint density at radius 1 is 0.346 bits per heavy atom. The van der Waals surface area contributed by atoms with Crippen molar-refractivity contribution in [1.82, 2.24) is 0 Å². The van der Waals surface area contributed by atoms with Crippen LogP contribution in [-0.2, 0) is 98.4 Å². The van der Waals surface area contributed by atoms with Gasteiger partial charge in [-0.2, -0.15) is 0 Å². The molecule has 2 aliphatic rings. The van der Waals surface area contributed by atoms with Crippen LogP contribution in [0.15, 0.2) is 212 Å². The first kappa shape index (κ1) is 57.2. The lowest BCUT2D eigenvalue weighted by molar-refractivity contribution is -0.373. The fourth-order valence-electron chi connectivity index (χ4n) is 9.23. The van der Waals surface area contributed by atoms with E-state index in [0.717, 1.165) is 38.9 Å². The molecule has 2 aliphatic heterocycles. The van der Waals surface area contributed by atoms with Crippen LogP contribution in [0.25, 0.3) is 0 Å². The van der Waals surface area contributed by atoms with Gasteiger partial charge in [-0.3, -0.25) is 5.41 Å². The van der Waals surface area contributed by atoms with E-state index in [4.69, 9.17) is 92.3 Å². The second-order valence-electron chi connectivity index (χ2n) is 18.9.